The van der Waals surface area contributed by atoms with Crippen molar-refractivity contribution >= 4 is 23.1 Å². The first-order valence-electron chi connectivity index (χ1n) is 7.75. The molecular formula is C16H22N4OS. The third kappa shape index (κ3) is 3.75. The Labute approximate surface area is 134 Å². The Morgan fingerprint density at radius 3 is 3.00 bits per heavy atom. The van der Waals surface area contributed by atoms with Gasteiger partial charge in [-0.3, -0.25) is 9.69 Å². The lowest BCUT2D eigenvalue weighted by Crippen LogP contribution is -2.30. The van der Waals surface area contributed by atoms with E-state index >= 15 is 0 Å². The highest BCUT2D eigenvalue weighted by molar-refractivity contribution is 7.07. The average Bonchev–Trinajstić information content (AvgIpc) is 3.19. The molecule has 0 unspecified atom stereocenters. The molecule has 2 heterocycles. The maximum Gasteiger partial charge on any atom is 0.239 e. The number of aromatic nitrogens is 2. The van der Waals surface area contributed by atoms with Gasteiger partial charge in [0.1, 0.15) is 5.82 Å². The highest BCUT2D eigenvalue weighted by atomic mass is 32.1. The summed E-state index contributed by atoms with van der Waals surface area (Å²) in [7, 11) is 1.96. The molecule has 0 aliphatic heterocycles. The smallest absolute Gasteiger partial charge is 0.239 e. The zero-order valence-corrected chi connectivity index (χ0v) is 13.7. The van der Waals surface area contributed by atoms with Gasteiger partial charge in [0.25, 0.3) is 0 Å². The first-order chi connectivity index (χ1) is 10.7. The molecule has 5 nitrogen and oxygen atoms in total. The molecule has 22 heavy (non-hydrogen) atoms. The standard InChI is InChI=1S/C16H22N4OS/c1-19(10-13-7-9-22-12-13)11-16(21)18-15-6-8-17-20(15)14-4-2-3-5-14/h6-9,12,14H,2-5,10-11H2,1H3,(H,18,21). The number of thiophene rings is 1. The SMILES string of the molecule is CN(CC(=O)Nc1ccnn1C1CCCC1)Cc1ccsc1. The monoisotopic (exact) mass is 318 g/mol. The van der Waals surface area contributed by atoms with Crippen LogP contribution in [0, 0.1) is 0 Å². The number of nitrogens with one attached hydrogen (secondary N) is 1. The summed E-state index contributed by atoms with van der Waals surface area (Å²) in [6.07, 6.45) is 6.58. The fraction of sp³-hybridized carbons (Fsp3) is 0.500. The van der Waals surface area contributed by atoms with Crippen molar-refractivity contribution in [1.82, 2.24) is 14.7 Å². The molecule has 0 saturated heterocycles. The Morgan fingerprint density at radius 2 is 2.27 bits per heavy atom. The van der Waals surface area contributed by atoms with Crippen molar-refractivity contribution in [2.45, 2.75) is 38.3 Å². The first kappa shape index (κ1) is 15.2. The average molecular weight is 318 g/mol. The van der Waals surface area contributed by atoms with Crippen molar-refractivity contribution in [3.8, 4) is 0 Å². The third-order valence-corrected chi connectivity index (χ3v) is 4.79. The van der Waals surface area contributed by atoms with E-state index in [1.54, 1.807) is 17.5 Å². The van der Waals surface area contributed by atoms with Gasteiger partial charge in [-0.25, -0.2) is 4.68 Å². The van der Waals surface area contributed by atoms with Gasteiger partial charge in [0.15, 0.2) is 0 Å². The van der Waals surface area contributed by atoms with Crippen LogP contribution in [0.15, 0.2) is 29.1 Å². The molecule has 0 bridgehead atoms. The molecule has 0 atom stereocenters. The van der Waals surface area contributed by atoms with Crippen LogP contribution in [-0.4, -0.2) is 34.2 Å². The predicted molar refractivity (Wildman–Crippen MR) is 89.0 cm³/mol. The molecule has 1 saturated carbocycles. The van der Waals surface area contributed by atoms with Crippen LogP contribution in [0.4, 0.5) is 5.82 Å². The van der Waals surface area contributed by atoms with Gasteiger partial charge in [0.05, 0.1) is 18.8 Å². The quantitative estimate of drug-likeness (QED) is 0.890. The number of nitrogens with zero attached hydrogens (tertiary/aromatic N) is 3. The molecule has 0 aromatic carbocycles. The van der Waals surface area contributed by atoms with Gasteiger partial charge in [-0.2, -0.15) is 16.4 Å². The van der Waals surface area contributed by atoms with Crippen LogP contribution in [0.1, 0.15) is 37.3 Å². The minimum Gasteiger partial charge on any atom is -0.310 e. The highest BCUT2D eigenvalue weighted by Gasteiger charge is 2.20. The molecule has 118 valence electrons. The van der Waals surface area contributed by atoms with Crippen LogP contribution in [-0.2, 0) is 11.3 Å². The number of likely N-dealkylation sites (N-methyl/N-ethyl adjacent to an activating group) is 1. The molecule has 1 aliphatic rings. The maximum atomic E-state index is 12.2. The summed E-state index contributed by atoms with van der Waals surface area (Å²) in [4.78, 5) is 14.2. The highest BCUT2D eigenvalue weighted by Crippen LogP contribution is 2.31. The van der Waals surface area contributed by atoms with E-state index in [1.807, 2.05) is 22.7 Å². The van der Waals surface area contributed by atoms with E-state index in [0.717, 1.165) is 25.2 Å². The minimum absolute atomic E-state index is 0.0116. The van der Waals surface area contributed by atoms with Crippen LogP contribution in [0.2, 0.25) is 0 Å². The number of anilines is 1. The molecule has 1 fully saturated rings. The summed E-state index contributed by atoms with van der Waals surface area (Å²) in [5.41, 5.74) is 1.25. The minimum atomic E-state index is 0.0116. The summed E-state index contributed by atoms with van der Waals surface area (Å²) in [6, 6.07) is 4.41. The molecule has 0 radical (unpaired) electrons. The lowest BCUT2D eigenvalue weighted by Gasteiger charge is -2.17. The van der Waals surface area contributed by atoms with Gasteiger partial charge in [0, 0.05) is 12.6 Å². The van der Waals surface area contributed by atoms with Crippen molar-refractivity contribution < 1.29 is 4.79 Å². The van der Waals surface area contributed by atoms with Gasteiger partial charge in [-0.05, 0) is 42.3 Å². The van der Waals surface area contributed by atoms with Crippen molar-refractivity contribution in [3.05, 3.63) is 34.7 Å². The van der Waals surface area contributed by atoms with Crippen molar-refractivity contribution in [2.24, 2.45) is 0 Å². The fourth-order valence-corrected chi connectivity index (χ4v) is 3.69. The van der Waals surface area contributed by atoms with Crippen molar-refractivity contribution in [1.29, 1.82) is 0 Å². The van der Waals surface area contributed by atoms with Crippen LogP contribution in [0.3, 0.4) is 0 Å². The Morgan fingerprint density at radius 1 is 1.45 bits per heavy atom. The normalized spacial score (nSPS) is 15.5. The van der Waals surface area contributed by atoms with Gasteiger partial charge < -0.3 is 5.32 Å². The second-order valence-corrected chi connectivity index (χ2v) is 6.73. The summed E-state index contributed by atoms with van der Waals surface area (Å²) in [5, 5.41) is 11.6. The zero-order valence-electron chi connectivity index (χ0n) is 12.9. The summed E-state index contributed by atoms with van der Waals surface area (Å²) >= 11 is 1.68. The van der Waals surface area contributed by atoms with Crippen molar-refractivity contribution in [2.75, 3.05) is 18.9 Å². The number of carbonyl (C=O) groups is 1. The van der Waals surface area contributed by atoms with Crippen molar-refractivity contribution in [3.63, 3.8) is 0 Å². The van der Waals surface area contributed by atoms with E-state index in [2.05, 4.69) is 27.2 Å². The molecule has 1 amide bonds. The van der Waals surface area contributed by atoms with E-state index in [1.165, 1.54) is 18.4 Å². The molecule has 0 spiro atoms. The van der Waals surface area contributed by atoms with Crippen LogP contribution in [0.25, 0.3) is 0 Å². The van der Waals surface area contributed by atoms with E-state index < -0.39 is 0 Å². The van der Waals surface area contributed by atoms with E-state index in [9.17, 15) is 4.79 Å². The second-order valence-electron chi connectivity index (χ2n) is 5.95. The number of rotatable bonds is 6. The van der Waals surface area contributed by atoms with Crippen LogP contribution < -0.4 is 5.32 Å². The lowest BCUT2D eigenvalue weighted by atomic mass is 10.2. The largest absolute Gasteiger partial charge is 0.310 e. The predicted octanol–water partition coefficient (Wildman–Crippen LogP) is 3.13. The lowest BCUT2D eigenvalue weighted by molar-refractivity contribution is -0.117. The molecule has 1 aliphatic carbocycles. The first-order valence-corrected chi connectivity index (χ1v) is 8.69. The molecule has 1 N–H and O–H groups in total. The molecule has 2 aromatic rings. The molecule has 6 heteroatoms. The van der Waals surface area contributed by atoms with Crippen LogP contribution in [0.5, 0.6) is 0 Å². The Bertz CT molecular complexity index is 601. The number of hydrogen-bond acceptors (Lipinski definition) is 4. The maximum absolute atomic E-state index is 12.2. The third-order valence-electron chi connectivity index (χ3n) is 4.05. The van der Waals surface area contributed by atoms with E-state index in [4.69, 9.17) is 0 Å². The fourth-order valence-electron chi connectivity index (χ4n) is 3.03. The topological polar surface area (TPSA) is 50.2 Å². The molecule has 3 rings (SSSR count). The number of hydrogen-bond donors (Lipinski definition) is 1. The van der Waals surface area contributed by atoms with E-state index in [0.29, 0.717) is 12.6 Å². The molecular weight excluding hydrogens is 296 g/mol. The Hall–Kier alpha value is -1.66. The van der Waals surface area contributed by atoms with Gasteiger partial charge >= 0.3 is 0 Å². The van der Waals surface area contributed by atoms with Gasteiger partial charge in [-0.15, -0.1) is 0 Å². The molecule has 2 aromatic heterocycles. The second kappa shape index (κ2) is 7.07. The number of carbonyl (C=O) groups excluding carboxylic acids is 1. The summed E-state index contributed by atoms with van der Waals surface area (Å²) < 4.78 is 1.98. The van der Waals surface area contributed by atoms with E-state index in [-0.39, 0.29) is 5.91 Å². The summed E-state index contributed by atoms with van der Waals surface area (Å²) in [6.45, 7) is 1.17. The van der Waals surface area contributed by atoms with Gasteiger partial charge in [0.2, 0.25) is 5.91 Å². The van der Waals surface area contributed by atoms with Crippen LogP contribution >= 0.6 is 11.3 Å². The zero-order chi connectivity index (χ0) is 15.4. The Kier molecular flexibility index (Phi) is 4.90. The Balaban J connectivity index is 1.54. The summed E-state index contributed by atoms with van der Waals surface area (Å²) in [5.74, 6) is 0.832. The van der Waals surface area contributed by atoms with Gasteiger partial charge in [-0.1, -0.05) is 12.8 Å². The number of amides is 1.